The van der Waals surface area contributed by atoms with Crippen LogP contribution in [0.3, 0.4) is 0 Å². The molecule has 0 atom stereocenters. The summed E-state index contributed by atoms with van der Waals surface area (Å²) in [5.41, 5.74) is 5.52. The van der Waals surface area contributed by atoms with Gasteiger partial charge in [0.1, 0.15) is 12.1 Å². The number of ether oxygens (including phenoxy) is 1. The minimum atomic E-state index is 0.668. The van der Waals surface area contributed by atoms with Crippen molar-refractivity contribution in [3.8, 4) is 0 Å². The first kappa shape index (κ1) is 13.3. The summed E-state index contributed by atoms with van der Waals surface area (Å²) in [7, 11) is 1.69. The second-order valence-corrected chi connectivity index (χ2v) is 4.17. The van der Waals surface area contributed by atoms with E-state index in [0.29, 0.717) is 13.2 Å². The number of anilines is 1. The van der Waals surface area contributed by atoms with Crippen molar-refractivity contribution in [2.75, 3.05) is 38.3 Å². The van der Waals surface area contributed by atoms with Crippen LogP contribution in [0.1, 0.15) is 6.42 Å². The van der Waals surface area contributed by atoms with Crippen LogP contribution >= 0.6 is 15.9 Å². The molecule has 0 radical (unpaired) electrons. The Hall–Kier alpha value is -0.720. The molecule has 90 valence electrons. The summed E-state index contributed by atoms with van der Waals surface area (Å²) < 4.78 is 5.97. The lowest BCUT2D eigenvalue weighted by atomic mass is 10.3. The number of methoxy groups -OCH3 is 1. The van der Waals surface area contributed by atoms with Gasteiger partial charge < -0.3 is 15.4 Å². The van der Waals surface area contributed by atoms with Gasteiger partial charge in [0.15, 0.2) is 0 Å². The second kappa shape index (κ2) is 7.54. The highest BCUT2D eigenvalue weighted by Gasteiger charge is 2.10. The SMILES string of the molecule is COCCN(CCCN)c1ncncc1Br. The average molecular weight is 289 g/mol. The van der Waals surface area contributed by atoms with Crippen molar-refractivity contribution >= 4 is 21.7 Å². The van der Waals surface area contributed by atoms with Crippen molar-refractivity contribution in [2.45, 2.75) is 6.42 Å². The molecule has 0 amide bonds. The van der Waals surface area contributed by atoms with Crippen LogP contribution in [0.15, 0.2) is 17.0 Å². The van der Waals surface area contributed by atoms with E-state index in [4.69, 9.17) is 10.5 Å². The summed E-state index contributed by atoms with van der Waals surface area (Å²) in [5.74, 6) is 0.889. The number of hydrogen-bond donors (Lipinski definition) is 1. The van der Waals surface area contributed by atoms with Gasteiger partial charge in [-0.2, -0.15) is 0 Å². The van der Waals surface area contributed by atoms with E-state index >= 15 is 0 Å². The van der Waals surface area contributed by atoms with E-state index in [9.17, 15) is 0 Å². The third-order valence-electron chi connectivity index (χ3n) is 2.15. The molecule has 2 N–H and O–H groups in total. The third kappa shape index (κ3) is 4.03. The zero-order valence-electron chi connectivity index (χ0n) is 9.40. The van der Waals surface area contributed by atoms with E-state index in [0.717, 1.165) is 29.8 Å². The van der Waals surface area contributed by atoms with Crippen LogP contribution in [-0.4, -0.2) is 43.3 Å². The lowest BCUT2D eigenvalue weighted by Gasteiger charge is -2.23. The van der Waals surface area contributed by atoms with Gasteiger partial charge in [-0.15, -0.1) is 0 Å². The minimum absolute atomic E-state index is 0.668. The fraction of sp³-hybridized carbons (Fsp3) is 0.600. The molecule has 1 heterocycles. The largest absolute Gasteiger partial charge is 0.383 e. The topological polar surface area (TPSA) is 64.3 Å². The molecule has 0 unspecified atom stereocenters. The van der Waals surface area contributed by atoms with Gasteiger partial charge in [-0.1, -0.05) is 0 Å². The first-order valence-corrected chi connectivity index (χ1v) is 5.98. The second-order valence-electron chi connectivity index (χ2n) is 3.32. The number of rotatable bonds is 7. The summed E-state index contributed by atoms with van der Waals surface area (Å²) in [6, 6.07) is 0. The number of hydrogen-bond acceptors (Lipinski definition) is 5. The first-order valence-electron chi connectivity index (χ1n) is 5.19. The van der Waals surface area contributed by atoms with Crippen LogP contribution in [-0.2, 0) is 4.74 Å². The van der Waals surface area contributed by atoms with Crippen molar-refractivity contribution in [1.29, 1.82) is 0 Å². The van der Waals surface area contributed by atoms with Gasteiger partial charge in [-0.05, 0) is 28.9 Å². The highest BCUT2D eigenvalue weighted by atomic mass is 79.9. The fourth-order valence-electron chi connectivity index (χ4n) is 1.35. The van der Waals surface area contributed by atoms with Gasteiger partial charge in [-0.3, -0.25) is 0 Å². The molecule has 0 aliphatic heterocycles. The molecule has 6 heteroatoms. The standard InChI is InChI=1S/C10H17BrN4O/c1-16-6-5-15(4-2-3-12)10-9(11)7-13-8-14-10/h7-8H,2-6,12H2,1H3. The summed E-state index contributed by atoms with van der Waals surface area (Å²) >= 11 is 3.44. The summed E-state index contributed by atoms with van der Waals surface area (Å²) in [6.07, 6.45) is 4.22. The molecule has 5 nitrogen and oxygen atoms in total. The first-order chi connectivity index (χ1) is 7.79. The molecule has 0 saturated heterocycles. The Bertz CT molecular complexity index is 303. The van der Waals surface area contributed by atoms with E-state index in [2.05, 4.69) is 30.8 Å². The highest BCUT2D eigenvalue weighted by molar-refractivity contribution is 9.10. The molecule has 0 fully saturated rings. The predicted molar refractivity (Wildman–Crippen MR) is 67.5 cm³/mol. The van der Waals surface area contributed by atoms with E-state index < -0.39 is 0 Å². The Labute approximate surface area is 104 Å². The summed E-state index contributed by atoms with van der Waals surface area (Å²) in [5, 5.41) is 0. The Morgan fingerprint density at radius 3 is 2.94 bits per heavy atom. The van der Waals surface area contributed by atoms with Crippen molar-refractivity contribution in [1.82, 2.24) is 9.97 Å². The molecule has 1 aromatic heterocycles. The minimum Gasteiger partial charge on any atom is -0.383 e. The van der Waals surface area contributed by atoms with Gasteiger partial charge >= 0.3 is 0 Å². The molecule has 0 bridgehead atoms. The normalized spacial score (nSPS) is 10.4. The van der Waals surface area contributed by atoms with Crippen LogP contribution in [0, 0.1) is 0 Å². The number of nitrogens with two attached hydrogens (primary N) is 1. The van der Waals surface area contributed by atoms with Crippen molar-refractivity contribution in [2.24, 2.45) is 5.73 Å². The van der Waals surface area contributed by atoms with Gasteiger partial charge in [0, 0.05) is 26.4 Å². The molecule has 16 heavy (non-hydrogen) atoms. The van der Waals surface area contributed by atoms with Gasteiger partial charge in [0.25, 0.3) is 0 Å². The lowest BCUT2D eigenvalue weighted by molar-refractivity contribution is 0.205. The van der Waals surface area contributed by atoms with E-state index in [1.807, 2.05) is 0 Å². The Kier molecular flexibility index (Phi) is 6.29. The zero-order valence-corrected chi connectivity index (χ0v) is 11.0. The Morgan fingerprint density at radius 1 is 1.50 bits per heavy atom. The monoisotopic (exact) mass is 288 g/mol. The highest BCUT2D eigenvalue weighted by Crippen LogP contribution is 2.21. The molecule has 1 rings (SSSR count). The third-order valence-corrected chi connectivity index (χ3v) is 2.70. The van der Waals surface area contributed by atoms with Crippen LogP contribution in [0.5, 0.6) is 0 Å². The molecular weight excluding hydrogens is 272 g/mol. The quantitative estimate of drug-likeness (QED) is 0.812. The maximum atomic E-state index is 5.52. The average Bonchev–Trinajstić information content (AvgIpc) is 2.31. The molecule has 0 aromatic carbocycles. The maximum absolute atomic E-state index is 5.52. The van der Waals surface area contributed by atoms with E-state index in [-0.39, 0.29) is 0 Å². The van der Waals surface area contributed by atoms with Crippen molar-refractivity contribution < 1.29 is 4.74 Å². The van der Waals surface area contributed by atoms with Gasteiger partial charge in [0.05, 0.1) is 11.1 Å². The summed E-state index contributed by atoms with van der Waals surface area (Å²) in [4.78, 5) is 10.3. The Morgan fingerprint density at radius 2 is 2.31 bits per heavy atom. The van der Waals surface area contributed by atoms with E-state index in [1.54, 1.807) is 19.6 Å². The molecule has 0 aliphatic rings. The summed E-state index contributed by atoms with van der Waals surface area (Å²) in [6.45, 7) is 3.01. The van der Waals surface area contributed by atoms with E-state index in [1.165, 1.54) is 0 Å². The molecule has 1 aromatic rings. The zero-order chi connectivity index (χ0) is 11.8. The lowest BCUT2D eigenvalue weighted by Crippen LogP contribution is -2.30. The van der Waals surface area contributed by atoms with Gasteiger partial charge in [0.2, 0.25) is 0 Å². The van der Waals surface area contributed by atoms with Gasteiger partial charge in [-0.25, -0.2) is 9.97 Å². The van der Waals surface area contributed by atoms with Crippen LogP contribution in [0.2, 0.25) is 0 Å². The van der Waals surface area contributed by atoms with Crippen LogP contribution in [0.4, 0.5) is 5.82 Å². The molecule has 0 spiro atoms. The number of halogens is 1. The fourth-order valence-corrected chi connectivity index (χ4v) is 1.82. The Balaban J connectivity index is 2.70. The van der Waals surface area contributed by atoms with Crippen molar-refractivity contribution in [3.63, 3.8) is 0 Å². The molecule has 0 saturated carbocycles. The maximum Gasteiger partial charge on any atom is 0.146 e. The molecule has 0 aliphatic carbocycles. The predicted octanol–water partition coefficient (Wildman–Crippen LogP) is 1.04. The number of nitrogens with zero attached hydrogens (tertiary/aromatic N) is 3. The van der Waals surface area contributed by atoms with Crippen molar-refractivity contribution in [3.05, 3.63) is 17.0 Å². The number of aromatic nitrogens is 2. The van der Waals surface area contributed by atoms with Crippen LogP contribution in [0.25, 0.3) is 0 Å². The molecular formula is C10H17BrN4O. The van der Waals surface area contributed by atoms with Crippen LogP contribution < -0.4 is 10.6 Å². The smallest absolute Gasteiger partial charge is 0.146 e.